The maximum atomic E-state index is 12.9. The van der Waals surface area contributed by atoms with Crippen LogP contribution in [0.2, 0.25) is 0 Å². The molecule has 0 fully saturated rings. The number of quaternary nitrogens is 1. The molecule has 9 heteroatoms. The standard InChI is InChI=1S/C50H99N2O6P/c1-6-8-10-12-14-16-18-20-22-23-24-25-26-27-28-29-30-31-33-35-37-39-41-43-49(53)48(47-58-59(55,56)57-46-45-52(3,4)5)51-50(54)44-42-40-38-36-34-32-21-19-17-15-13-11-9-7-2/h19,21,41,43,48-49,53H,6-18,20,22-40,42,44-47H2,1-5H3,(H-,51,54,55,56)/b21-19-,43-41+. The van der Waals surface area contributed by atoms with Crippen molar-refractivity contribution in [3.63, 3.8) is 0 Å². The van der Waals surface area contributed by atoms with Crippen LogP contribution < -0.4 is 10.2 Å². The number of nitrogens with zero attached hydrogens (tertiary/aromatic N) is 1. The fourth-order valence-corrected chi connectivity index (χ4v) is 8.11. The number of nitrogens with one attached hydrogen (secondary N) is 1. The summed E-state index contributed by atoms with van der Waals surface area (Å²) in [6.07, 6.45) is 50.9. The van der Waals surface area contributed by atoms with E-state index in [1.807, 2.05) is 27.2 Å². The summed E-state index contributed by atoms with van der Waals surface area (Å²) in [5.74, 6) is -0.205. The molecule has 0 aromatic rings. The Bertz CT molecular complexity index is 1020. The van der Waals surface area contributed by atoms with Gasteiger partial charge in [0.1, 0.15) is 13.2 Å². The molecule has 0 saturated heterocycles. The molecule has 3 unspecified atom stereocenters. The minimum absolute atomic E-state index is 0.00131. The summed E-state index contributed by atoms with van der Waals surface area (Å²) in [7, 11) is 1.26. The summed E-state index contributed by atoms with van der Waals surface area (Å²) in [5.41, 5.74) is 0. The van der Waals surface area contributed by atoms with Crippen molar-refractivity contribution < 1.29 is 32.9 Å². The maximum Gasteiger partial charge on any atom is 0.268 e. The van der Waals surface area contributed by atoms with Gasteiger partial charge in [-0.2, -0.15) is 0 Å². The Morgan fingerprint density at radius 1 is 0.576 bits per heavy atom. The second-order valence-electron chi connectivity index (χ2n) is 18.5. The number of likely N-dealkylation sites (N-methyl/N-ethyl adjacent to an activating group) is 1. The Kier molecular flexibility index (Phi) is 41.6. The molecule has 0 bridgehead atoms. The number of phosphoric ester groups is 1. The van der Waals surface area contributed by atoms with Crippen molar-refractivity contribution in [2.24, 2.45) is 0 Å². The highest BCUT2D eigenvalue weighted by Gasteiger charge is 2.23. The zero-order chi connectivity index (χ0) is 43.6. The number of carbonyl (C=O) groups excluding carboxylic acids is 1. The van der Waals surface area contributed by atoms with E-state index in [9.17, 15) is 19.4 Å². The van der Waals surface area contributed by atoms with Crippen LogP contribution in [0.1, 0.15) is 239 Å². The van der Waals surface area contributed by atoms with Crippen LogP contribution in [0.15, 0.2) is 24.3 Å². The maximum absolute atomic E-state index is 12.9. The van der Waals surface area contributed by atoms with Gasteiger partial charge < -0.3 is 28.8 Å². The Balaban J connectivity index is 4.28. The number of unbranched alkanes of at least 4 members (excludes halogenated alkanes) is 31. The predicted molar refractivity (Wildman–Crippen MR) is 252 cm³/mol. The smallest absolute Gasteiger partial charge is 0.268 e. The fourth-order valence-electron chi connectivity index (χ4n) is 7.38. The Morgan fingerprint density at radius 2 is 0.932 bits per heavy atom. The van der Waals surface area contributed by atoms with E-state index in [-0.39, 0.29) is 19.1 Å². The summed E-state index contributed by atoms with van der Waals surface area (Å²) in [5, 5.41) is 13.8. The molecule has 3 atom stereocenters. The van der Waals surface area contributed by atoms with Gasteiger partial charge in [0.05, 0.1) is 39.9 Å². The number of aliphatic hydroxyl groups excluding tert-OH is 1. The lowest BCUT2D eigenvalue weighted by Gasteiger charge is -2.29. The summed E-state index contributed by atoms with van der Waals surface area (Å²) in [4.78, 5) is 25.3. The van der Waals surface area contributed by atoms with E-state index in [4.69, 9.17) is 9.05 Å². The van der Waals surface area contributed by atoms with Gasteiger partial charge in [0.15, 0.2) is 0 Å². The normalized spacial score (nSPS) is 14.4. The van der Waals surface area contributed by atoms with Crippen molar-refractivity contribution >= 4 is 13.7 Å². The lowest BCUT2D eigenvalue weighted by molar-refractivity contribution is -0.870. The fraction of sp³-hybridized carbons (Fsp3) is 0.900. The average Bonchev–Trinajstić information content (AvgIpc) is 3.19. The summed E-state index contributed by atoms with van der Waals surface area (Å²) < 4.78 is 23.3. The number of carbonyl (C=O) groups is 1. The highest BCUT2D eigenvalue weighted by molar-refractivity contribution is 7.45. The monoisotopic (exact) mass is 855 g/mol. The molecular formula is C50H99N2O6P. The molecule has 59 heavy (non-hydrogen) atoms. The molecule has 0 aliphatic carbocycles. The molecule has 0 aliphatic heterocycles. The van der Waals surface area contributed by atoms with Crippen LogP contribution in [-0.4, -0.2) is 68.5 Å². The van der Waals surface area contributed by atoms with E-state index in [0.29, 0.717) is 17.4 Å². The van der Waals surface area contributed by atoms with Gasteiger partial charge in [0.25, 0.3) is 7.82 Å². The quantitative estimate of drug-likeness (QED) is 0.0273. The molecule has 0 aromatic heterocycles. The first-order chi connectivity index (χ1) is 28.5. The highest BCUT2D eigenvalue weighted by atomic mass is 31.2. The van der Waals surface area contributed by atoms with Gasteiger partial charge in [-0.3, -0.25) is 9.36 Å². The summed E-state index contributed by atoms with van der Waals surface area (Å²) >= 11 is 0. The minimum Gasteiger partial charge on any atom is -0.756 e. The van der Waals surface area contributed by atoms with Gasteiger partial charge in [-0.15, -0.1) is 0 Å². The number of hydrogen-bond acceptors (Lipinski definition) is 6. The van der Waals surface area contributed by atoms with Gasteiger partial charge in [0, 0.05) is 6.42 Å². The van der Waals surface area contributed by atoms with E-state index in [1.165, 1.54) is 167 Å². The Hall–Kier alpha value is -1.02. The van der Waals surface area contributed by atoms with Crippen LogP contribution in [0.25, 0.3) is 0 Å². The molecule has 2 N–H and O–H groups in total. The minimum atomic E-state index is -4.59. The SMILES string of the molecule is CCCCCCC/C=C\CCCCCCCC(=O)NC(COP(=O)([O-])OCC[N+](C)(C)C)C(O)/C=C/CCCCCCCCCCCCCCCCCCCCCCC. The third-order valence-electron chi connectivity index (χ3n) is 11.4. The van der Waals surface area contributed by atoms with E-state index >= 15 is 0 Å². The molecule has 0 heterocycles. The third kappa shape index (κ3) is 44.8. The van der Waals surface area contributed by atoms with Gasteiger partial charge >= 0.3 is 0 Å². The predicted octanol–water partition coefficient (Wildman–Crippen LogP) is 13.8. The van der Waals surface area contributed by atoms with E-state index < -0.39 is 20.0 Å². The summed E-state index contributed by atoms with van der Waals surface area (Å²) in [6.45, 7) is 4.65. The molecular weight excluding hydrogens is 756 g/mol. The van der Waals surface area contributed by atoms with E-state index in [0.717, 1.165) is 51.4 Å². The number of phosphoric acid groups is 1. The molecule has 0 radical (unpaired) electrons. The van der Waals surface area contributed by atoms with Crippen LogP contribution in [-0.2, 0) is 18.4 Å². The van der Waals surface area contributed by atoms with Crippen molar-refractivity contribution in [3.8, 4) is 0 Å². The number of amides is 1. The second-order valence-corrected chi connectivity index (χ2v) is 19.9. The lowest BCUT2D eigenvalue weighted by atomic mass is 10.0. The van der Waals surface area contributed by atoms with Crippen molar-refractivity contribution in [3.05, 3.63) is 24.3 Å². The van der Waals surface area contributed by atoms with Gasteiger partial charge in [-0.1, -0.05) is 212 Å². The van der Waals surface area contributed by atoms with E-state index in [1.54, 1.807) is 6.08 Å². The number of hydrogen-bond donors (Lipinski definition) is 2. The van der Waals surface area contributed by atoms with Crippen molar-refractivity contribution in [1.29, 1.82) is 0 Å². The molecule has 0 rings (SSSR count). The van der Waals surface area contributed by atoms with Gasteiger partial charge in [-0.05, 0) is 44.9 Å². The second kappa shape index (κ2) is 42.3. The first-order valence-corrected chi connectivity index (χ1v) is 26.7. The largest absolute Gasteiger partial charge is 0.756 e. The van der Waals surface area contributed by atoms with Crippen LogP contribution in [0.5, 0.6) is 0 Å². The van der Waals surface area contributed by atoms with Crippen molar-refractivity contribution in [2.45, 2.75) is 251 Å². The van der Waals surface area contributed by atoms with Crippen LogP contribution in [0.4, 0.5) is 0 Å². The number of rotatable bonds is 46. The molecule has 350 valence electrons. The number of aliphatic hydroxyl groups is 1. The molecule has 0 saturated carbocycles. The molecule has 0 aromatic carbocycles. The average molecular weight is 855 g/mol. The first kappa shape index (κ1) is 58.0. The van der Waals surface area contributed by atoms with Gasteiger partial charge in [-0.25, -0.2) is 0 Å². The molecule has 0 aliphatic rings. The van der Waals surface area contributed by atoms with Gasteiger partial charge in [0.2, 0.25) is 5.91 Å². The lowest BCUT2D eigenvalue weighted by Crippen LogP contribution is -2.45. The van der Waals surface area contributed by atoms with Crippen molar-refractivity contribution in [2.75, 3.05) is 40.9 Å². The third-order valence-corrected chi connectivity index (χ3v) is 12.4. The van der Waals surface area contributed by atoms with Crippen LogP contribution >= 0.6 is 7.82 Å². The zero-order valence-corrected chi connectivity index (χ0v) is 40.6. The summed E-state index contributed by atoms with van der Waals surface area (Å²) in [6, 6.07) is -0.888. The van der Waals surface area contributed by atoms with E-state index in [2.05, 4.69) is 31.3 Å². The highest BCUT2D eigenvalue weighted by Crippen LogP contribution is 2.38. The molecule has 1 amide bonds. The molecule has 8 nitrogen and oxygen atoms in total. The first-order valence-electron chi connectivity index (χ1n) is 25.2. The zero-order valence-electron chi connectivity index (χ0n) is 39.7. The van der Waals surface area contributed by atoms with Crippen LogP contribution in [0, 0.1) is 0 Å². The van der Waals surface area contributed by atoms with Crippen LogP contribution in [0.3, 0.4) is 0 Å². The molecule has 0 spiro atoms. The Labute approximate surface area is 366 Å². The van der Waals surface area contributed by atoms with Crippen molar-refractivity contribution in [1.82, 2.24) is 5.32 Å². The Morgan fingerprint density at radius 3 is 1.32 bits per heavy atom. The number of allylic oxidation sites excluding steroid dienone is 3. The topological polar surface area (TPSA) is 108 Å².